The average molecular weight is 265 g/mol. The van der Waals surface area contributed by atoms with E-state index >= 15 is 0 Å². The number of hydrazine groups is 1. The van der Waals surface area contributed by atoms with E-state index in [4.69, 9.17) is 5.84 Å². The third kappa shape index (κ3) is 4.14. The van der Waals surface area contributed by atoms with Crippen molar-refractivity contribution in [2.45, 2.75) is 47.0 Å². The number of nitrogen functional groups attached to an aromatic ring is 1. The quantitative estimate of drug-likeness (QED) is 0.583. The minimum absolute atomic E-state index is 0.364. The molecule has 1 heterocycles. The summed E-state index contributed by atoms with van der Waals surface area (Å²) < 4.78 is 0. The smallest absolute Gasteiger partial charge is 0.147 e. The van der Waals surface area contributed by atoms with E-state index < -0.39 is 0 Å². The summed E-state index contributed by atoms with van der Waals surface area (Å²) in [6.45, 7) is 13.7. The van der Waals surface area contributed by atoms with E-state index in [1.807, 2.05) is 6.92 Å². The number of aryl methyl sites for hydroxylation is 1. The lowest BCUT2D eigenvalue weighted by Gasteiger charge is -2.19. The largest absolute Gasteiger partial charge is 0.308 e. The van der Waals surface area contributed by atoms with Gasteiger partial charge in [-0.15, -0.1) is 0 Å². The molecule has 19 heavy (non-hydrogen) atoms. The molecule has 108 valence electrons. The topological polar surface area (TPSA) is 67.1 Å². The Balaban J connectivity index is 2.89. The van der Waals surface area contributed by atoms with Gasteiger partial charge in [-0.3, -0.25) is 0 Å². The number of nitrogens with one attached hydrogen (secondary N) is 1. The van der Waals surface area contributed by atoms with Gasteiger partial charge in [0.1, 0.15) is 11.6 Å². The molecule has 1 aromatic rings. The molecule has 0 radical (unpaired) electrons. The van der Waals surface area contributed by atoms with Crippen LogP contribution in [0, 0.1) is 6.92 Å². The van der Waals surface area contributed by atoms with Crippen molar-refractivity contribution in [2.75, 3.05) is 25.1 Å². The van der Waals surface area contributed by atoms with Crippen molar-refractivity contribution < 1.29 is 0 Å². The number of anilines is 1. The van der Waals surface area contributed by atoms with Gasteiger partial charge in [0.15, 0.2) is 0 Å². The summed E-state index contributed by atoms with van der Waals surface area (Å²) in [5, 5.41) is 0. The Morgan fingerprint density at radius 2 is 1.84 bits per heavy atom. The van der Waals surface area contributed by atoms with Crippen LogP contribution < -0.4 is 11.3 Å². The molecule has 0 bridgehead atoms. The third-order valence-corrected chi connectivity index (χ3v) is 3.44. The molecule has 0 amide bonds. The molecule has 0 aliphatic heterocycles. The monoisotopic (exact) mass is 265 g/mol. The second-order valence-corrected chi connectivity index (χ2v) is 5.06. The van der Waals surface area contributed by atoms with Gasteiger partial charge in [-0.2, -0.15) is 0 Å². The van der Waals surface area contributed by atoms with E-state index in [1.165, 1.54) is 0 Å². The lowest BCUT2D eigenvalue weighted by Crippen LogP contribution is -2.26. The molecule has 5 nitrogen and oxygen atoms in total. The van der Waals surface area contributed by atoms with Crippen molar-refractivity contribution in [2.24, 2.45) is 5.84 Å². The Hall–Kier alpha value is -1.20. The number of hydrogen-bond donors (Lipinski definition) is 2. The van der Waals surface area contributed by atoms with Gasteiger partial charge in [-0.05, 0) is 25.9 Å². The van der Waals surface area contributed by atoms with Crippen LogP contribution in [0.5, 0.6) is 0 Å². The van der Waals surface area contributed by atoms with E-state index in [0.29, 0.717) is 5.92 Å². The van der Waals surface area contributed by atoms with Crippen LogP contribution in [0.1, 0.15) is 50.7 Å². The van der Waals surface area contributed by atoms with E-state index in [0.717, 1.165) is 49.0 Å². The van der Waals surface area contributed by atoms with Crippen LogP contribution >= 0.6 is 0 Å². The molecule has 5 heteroatoms. The molecule has 0 aromatic carbocycles. The molecule has 0 spiro atoms. The van der Waals surface area contributed by atoms with Crippen molar-refractivity contribution in [1.29, 1.82) is 0 Å². The van der Waals surface area contributed by atoms with E-state index in [1.54, 1.807) is 0 Å². The fraction of sp³-hybridized carbons (Fsp3) is 0.714. The first-order valence-electron chi connectivity index (χ1n) is 7.09. The predicted molar refractivity (Wildman–Crippen MR) is 80.2 cm³/mol. The zero-order chi connectivity index (χ0) is 14.4. The Morgan fingerprint density at radius 1 is 1.21 bits per heavy atom. The summed E-state index contributed by atoms with van der Waals surface area (Å²) in [4.78, 5) is 11.5. The molecular weight excluding hydrogens is 238 g/mol. The highest BCUT2D eigenvalue weighted by atomic mass is 15.3. The Bertz CT molecular complexity index is 399. The number of rotatable bonds is 7. The summed E-state index contributed by atoms with van der Waals surface area (Å²) >= 11 is 0. The Morgan fingerprint density at radius 3 is 2.32 bits per heavy atom. The summed E-state index contributed by atoms with van der Waals surface area (Å²) in [5.74, 6) is 7.57. The van der Waals surface area contributed by atoms with Crippen molar-refractivity contribution in [3.05, 3.63) is 17.1 Å². The average Bonchev–Trinajstić information content (AvgIpc) is 2.38. The van der Waals surface area contributed by atoms with E-state index in [-0.39, 0.29) is 0 Å². The normalized spacial score (nSPS) is 11.4. The minimum Gasteiger partial charge on any atom is -0.308 e. The van der Waals surface area contributed by atoms with Crippen LogP contribution in [0.3, 0.4) is 0 Å². The maximum Gasteiger partial charge on any atom is 0.147 e. The van der Waals surface area contributed by atoms with Gasteiger partial charge in [0, 0.05) is 24.2 Å². The van der Waals surface area contributed by atoms with Gasteiger partial charge < -0.3 is 10.3 Å². The van der Waals surface area contributed by atoms with Gasteiger partial charge >= 0.3 is 0 Å². The second kappa shape index (κ2) is 7.40. The molecular formula is C14H27N5. The number of aromatic nitrogens is 2. The molecule has 0 saturated carbocycles. The lowest BCUT2D eigenvalue weighted by atomic mass is 10.0. The fourth-order valence-corrected chi connectivity index (χ4v) is 2.35. The van der Waals surface area contributed by atoms with Crippen LogP contribution in [0.2, 0.25) is 0 Å². The SMILES string of the molecule is CCN(CC)CCc1nc(C)c(C(C)C)c(NN)n1. The first kappa shape index (κ1) is 15.9. The molecule has 0 saturated heterocycles. The van der Waals surface area contributed by atoms with Gasteiger partial charge in [0.25, 0.3) is 0 Å². The number of nitrogens with zero attached hydrogens (tertiary/aromatic N) is 3. The minimum atomic E-state index is 0.364. The summed E-state index contributed by atoms with van der Waals surface area (Å²) in [6, 6.07) is 0. The molecule has 0 unspecified atom stereocenters. The first-order chi connectivity index (χ1) is 9.03. The first-order valence-corrected chi connectivity index (χ1v) is 7.09. The summed E-state index contributed by atoms with van der Waals surface area (Å²) in [5.41, 5.74) is 4.84. The highest BCUT2D eigenvalue weighted by Crippen LogP contribution is 2.24. The third-order valence-electron chi connectivity index (χ3n) is 3.44. The summed E-state index contributed by atoms with van der Waals surface area (Å²) in [6.07, 6.45) is 0.857. The van der Waals surface area contributed by atoms with E-state index in [9.17, 15) is 0 Å². The number of nitrogens with two attached hydrogens (primary N) is 1. The van der Waals surface area contributed by atoms with Gasteiger partial charge in [-0.25, -0.2) is 15.8 Å². The zero-order valence-electron chi connectivity index (χ0n) is 12.8. The lowest BCUT2D eigenvalue weighted by molar-refractivity contribution is 0.305. The van der Waals surface area contributed by atoms with Crippen molar-refractivity contribution in [1.82, 2.24) is 14.9 Å². The zero-order valence-corrected chi connectivity index (χ0v) is 12.8. The number of likely N-dealkylation sites (N-methyl/N-ethyl adjacent to an activating group) is 1. The molecule has 0 fully saturated rings. The molecule has 0 atom stereocenters. The number of hydrogen-bond acceptors (Lipinski definition) is 5. The second-order valence-electron chi connectivity index (χ2n) is 5.06. The van der Waals surface area contributed by atoms with Crippen LogP contribution in [0.4, 0.5) is 5.82 Å². The standard InChI is InChI=1S/C14H27N5/c1-6-19(7-2)9-8-12-16-11(5)13(10(3)4)14(17-12)18-15/h10H,6-9,15H2,1-5H3,(H,16,17,18). The van der Waals surface area contributed by atoms with Gasteiger partial charge in [0.2, 0.25) is 0 Å². The molecule has 0 aliphatic rings. The van der Waals surface area contributed by atoms with E-state index in [2.05, 4.69) is 48.0 Å². The molecule has 1 aromatic heterocycles. The molecule has 3 N–H and O–H groups in total. The van der Waals surface area contributed by atoms with Crippen LogP contribution in [0.15, 0.2) is 0 Å². The highest BCUT2D eigenvalue weighted by molar-refractivity contribution is 5.47. The predicted octanol–water partition coefficient (Wildman–Crippen LogP) is 2.08. The molecule has 0 aliphatic carbocycles. The van der Waals surface area contributed by atoms with Crippen LogP contribution in [0.25, 0.3) is 0 Å². The van der Waals surface area contributed by atoms with Crippen molar-refractivity contribution in [3.63, 3.8) is 0 Å². The maximum absolute atomic E-state index is 5.58. The van der Waals surface area contributed by atoms with Gasteiger partial charge in [-0.1, -0.05) is 27.7 Å². The van der Waals surface area contributed by atoms with Crippen LogP contribution in [-0.4, -0.2) is 34.5 Å². The Kier molecular flexibility index (Phi) is 6.18. The van der Waals surface area contributed by atoms with Gasteiger partial charge in [0.05, 0.1) is 0 Å². The fourth-order valence-electron chi connectivity index (χ4n) is 2.35. The maximum atomic E-state index is 5.58. The van der Waals surface area contributed by atoms with Crippen molar-refractivity contribution in [3.8, 4) is 0 Å². The van der Waals surface area contributed by atoms with Crippen LogP contribution in [-0.2, 0) is 6.42 Å². The Labute approximate surface area is 116 Å². The molecule has 1 rings (SSSR count). The summed E-state index contributed by atoms with van der Waals surface area (Å²) in [7, 11) is 0. The highest BCUT2D eigenvalue weighted by Gasteiger charge is 2.14. The van der Waals surface area contributed by atoms with Crippen molar-refractivity contribution >= 4 is 5.82 Å².